The molecule has 0 aliphatic heterocycles. The maximum Gasteiger partial charge on any atom is 0.328 e. The van der Waals surface area contributed by atoms with Crippen LogP contribution in [0, 0.1) is 18.3 Å². The standard InChI is InChI=1S/C12H11NO3/c1-8-10(4-6-12(14)15)9(7-13)3-5-11(8)16-2/h3-6H,1-2H3,(H,14,15)/b6-4+. The van der Waals surface area contributed by atoms with Crippen molar-refractivity contribution >= 4 is 12.0 Å². The smallest absolute Gasteiger partial charge is 0.328 e. The van der Waals surface area contributed by atoms with Gasteiger partial charge in [-0.3, -0.25) is 0 Å². The molecule has 0 aliphatic carbocycles. The Morgan fingerprint density at radius 2 is 2.25 bits per heavy atom. The fraction of sp³-hybridized carbons (Fsp3) is 0.167. The number of carbonyl (C=O) groups is 1. The van der Waals surface area contributed by atoms with Crippen LogP contribution >= 0.6 is 0 Å². The first-order valence-electron chi connectivity index (χ1n) is 4.59. The molecule has 0 heterocycles. The predicted molar refractivity (Wildman–Crippen MR) is 59.1 cm³/mol. The Kier molecular flexibility index (Phi) is 3.67. The molecule has 0 radical (unpaired) electrons. The third kappa shape index (κ3) is 2.39. The maximum absolute atomic E-state index is 10.4. The Morgan fingerprint density at radius 3 is 2.75 bits per heavy atom. The zero-order valence-corrected chi connectivity index (χ0v) is 9.02. The summed E-state index contributed by atoms with van der Waals surface area (Å²) in [5, 5.41) is 17.5. The Morgan fingerprint density at radius 1 is 1.56 bits per heavy atom. The van der Waals surface area contributed by atoms with E-state index < -0.39 is 5.97 Å². The number of benzene rings is 1. The molecule has 0 aromatic heterocycles. The summed E-state index contributed by atoms with van der Waals surface area (Å²) in [5.74, 6) is -0.421. The zero-order valence-electron chi connectivity index (χ0n) is 9.02. The minimum Gasteiger partial charge on any atom is -0.496 e. The highest BCUT2D eigenvalue weighted by molar-refractivity contribution is 5.86. The van der Waals surface area contributed by atoms with E-state index in [-0.39, 0.29) is 0 Å². The Bertz CT molecular complexity index is 484. The van der Waals surface area contributed by atoms with Gasteiger partial charge in [0.1, 0.15) is 5.75 Å². The highest BCUT2D eigenvalue weighted by atomic mass is 16.5. The molecule has 0 bridgehead atoms. The molecule has 4 nitrogen and oxygen atoms in total. The first-order chi connectivity index (χ1) is 7.60. The van der Waals surface area contributed by atoms with Crippen molar-refractivity contribution in [2.24, 2.45) is 0 Å². The molecule has 0 atom stereocenters. The van der Waals surface area contributed by atoms with Gasteiger partial charge in [-0.05, 0) is 36.3 Å². The van der Waals surface area contributed by atoms with Gasteiger partial charge in [-0.1, -0.05) is 0 Å². The van der Waals surface area contributed by atoms with E-state index in [9.17, 15) is 4.79 Å². The molecule has 82 valence electrons. The first kappa shape index (κ1) is 11.8. The van der Waals surface area contributed by atoms with Gasteiger partial charge in [0.15, 0.2) is 0 Å². The van der Waals surface area contributed by atoms with Crippen LogP contribution in [-0.4, -0.2) is 18.2 Å². The summed E-state index contributed by atoms with van der Waals surface area (Å²) < 4.78 is 5.10. The number of carboxylic acid groups (broad SMARTS) is 1. The van der Waals surface area contributed by atoms with Crippen LogP contribution in [0.15, 0.2) is 18.2 Å². The number of nitriles is 1. The van der Waals surface area contributed by atoms with E-state index in [4.69, 9.17) is 15.1 Å². The summed E-state index contributed by atoms with van der Waals surface area (Å²) in [7, 11) is 1.53. The lowest BCUT2D eigenvalue weighted by Crippen LogP contribution is -1.94. The van der Waals surface area contributed by atoms with Crippen LogP contribution in [0.25, 0.3) is 6.08 Å². The van der Waals surface area contributed by atoms with Crippen molar-refractivity contribution < 1.29 is 14.6 Å². The molecule has 1 aromatic carbocycles. The van der Waals surface area contributed by atoms with Crippen molar-refractivity contribution in [2.75, 3.05) is 7.11 Å². The second-order valence-corrected chi connectivity index (χ2v) is 3.14. The van der Waals surface area contributed by atoms with E-state index in [0.29, 0.717) is 16.9 Å². The fourth-order valence-electron chi connectivity index (χ4n) is 1.40. The van der Waals surface area contributed by atoms with Gasteiger partial charge >= 0.3 is 5.97 Å². The van der Waals surface area contributed by atoms with Crippen molar-refractivity contribution in [2.45, 2.75) is 6.92 Å². The lowest BCUT2D eigenvalue weighted by Gasteiger charge is -2.08. The molecule has 0 unspecified atom stereocenters. The van der Waals surface area contributed by atoms with Gasteiger partial charge in [-0.15, -0.1) is 0 Å². The van der Waals surface area contributed by atoms with Gasteiger partial charge in [0, 0.05) is 6.08 Å². The van der Waals surface area contributed by atoms with Gasteiger partial charge in [0.05, 0.1) is 18.7 Å². The van der Waals surface area contributed by atoms with Crippen LogP contribution in [0.2, 0.25) is 0 Å². The van der Waals surface area contributed by atoms with E-state index in [0.717, 1.165) is 11.6 Å². The Hall–Kier alpha value is -2.28. The molecular formula is C12H11NO3. The normalized spacial score (nSPS) is 10.1. The molecule has 1 N–H and O–H groups in total. The highest BCUT2D eigenvalue weighted by Crippen LogP contribution is 2.25. The Balaban J connectivity index is 3.33. The topological polar surface area (TPSA) is 70.3 Å². The molecule has 0 fully saturated rings. The number of aliphatic carboxylic acids is 1. The van der Waals surface area contributed by atoms with Crippen LogP contribution in [-0.2, 0) is 4.79 Å². The predicted octanol–water partition coefficient (Wildman–Crippen LogP) is 1.97. The zero-order chi connectivity index (χ0) is 12.1. The lowest BCUT2D eigenvalue weighted by atomic mass is 10.0. The molecule has 0 spiro atoms. The van der Waals surface area contributed by atoms with E-state index in [2.05, 4.69) is 0 Å². The summed E-state index contributed by atoms with van der Waals surface area (Å²) in [4.78, 5) is 10.4. The van der Waals surface area contributed by atoms with E-state index >= 15 is 0 Å². The molecule has 1 aromatic rings. The third-order valence-electron chi connectivity index (χ3n) is 2.20. The number of nitrogens with zero attached hydrogens (tertiary/aromatic N) is 1. The van der Waals surface area contributed by atoms with Crippen molar-refractivity contribution in [1.82, 2.24) is 0 Å². The molecule has 4 heteroatoms. The molecule has 0 saturated carbocycles. The van der Waals surface area contributed by atoms with Crippen LogP contribution in [0.5, 0.6) is 5.75 Å². The van der Waals surface area contributed by atoms with E-state index in [1.807, 2.05) is 6.07 Å². The summed E-state index contributed by atoms with van der Waals surface area (Å²) in [5.41, 5.74) is 1.75. The highest BCUT2D eigenvalue weighted by Gasteiger charge is 2.07. The average molecular weight is 217 g/mol. The van der Waals surface area contributed by atoms with Gasteiger partial charge in [0.2, 0.25) is 0 Å². The number of carboxylic acids is 1. The second kappa shape index (κ2) is 4.99. The average Bonchev–Trinajstić information content (AvgIpc) is 2.26. The fourth-order valence-corrected chi connectivity index (χ4v) is 1.40. The van der Waals surface area contributed by atoms with Gasteiger partial charge in [-0.2, -0.15) is 5.26 Å². The van der Waals surface area contributed by atoms with Crippen LogP contribution < -0.4 is 4.74 Å². The summed E-state index contributed by atoms with van der Waals surface area (Å²) in [6.07, 6.45) is 2.40. The summed E-state index contributed by atoms with van der Waals surface area (Å²) in [6.45, 7) is 1.78. The van der Waals surface area contributed by atoms with Crippen molar-refractivity contribution in [3.8, 4) is 11.8 Å². The largest absolute Gasteiger partial charge is 0.496 e. The first-order valence-corrected chi connectivity index (χ1v) is 4.59. The number of ether oxygens (including phenoxy) is 1. The van der Waals surface area contributed by atoms with E-state index in [1.165, 1.54) is 13.2 Å². The van der Waals surface area contributed by atoms with Crippen LogP contribution in [0.3, 0.4) is 0 Å². The number of rotatable bonds is 3. The van der Waals surface area contributed by atoms with Gasteiger partial charge < -0.3 is 9.84 Å². The van der Waals surface area contributed by atoms with Gasteiger partial charge in [0.25, 0.3) is 0 Å². The lowest BCUT2D eigenvalue weighted by molar-refractivity contribution is -0.131. The molecular weight excluding hydrogens is 206 g/mol. The van der Waals surface area contributed by atoms with Crippen molar-refractivity contribution in [1.29, 1.82) is 5.26 Å². The summed E-state index contributed by atoms with van der Waals surface area (Å²) >= 11 is 0. The monoisotopic (exact) mass is 217 g/mol. The molecule has 0 saturated heterocycles. The molecule has 1 rings (SSSR count). The van der Waals surface area contributed by atoms with E-state index in [1.54, 1.807) is 19.1 Å². The number of methoxy groups -OCH3 is 1. The minimum atomic E-state index is -1.05. The summed E-state index contributed by atoms with van der Waals surface area (Å²) in [6, 6.07) is 5.30. The molecule has 0 amide bonds. The maximum atomic E-state index is 10.4. The van der Waals surface area contributed by atoms with Crippen molar-refractivity contribution in [3.05, 3.63) is 34.9 Å². The molecule has 0 aliphatic rings. The molecule has 16 heavy (non-hydrogen) atoms. The van der Waals surface area contributed by atoms with Gasteiger partial charge in [-0.25, -0.2) is 4.79 Å². The second-order valence-electron chi connectivity index (χ2n) is 3.14. The minimum absolute atomic E-state index is 0.427. The van der Waals surface area contributed by atoms with Crippen LogP contribution in [0.4, 0.5) is 0 Å². The Labute approximate surface area is 93.4 Å². The number of hydrogen-bond donors (Lipinski definition) is 1. The number of hydrogen-bond acceptors (Lipinski definition) is 3. The quantitative estimate of drug-likeness (QED) is 0.786. The SMILES string of the molecule is COc1ccc(C#N)c(/C=C/C(=O)O)c1C. The van der Waals surface area contributed by atoms with Crippen molar-refractivity contribution in [3.63, 3.8) is 0 Å². The van der Waals surface area contributed by atoms with Crippen LogP contribution in [0.1, 0.15) is 16.7 Å². The third-order valence-corrected chi connectivity index (χ3v) is 2.20.